The number of hydrogen-bond donors (Lipinski definition) is 1. The van der Waals surface area contributed by atoms with Crippen LogP contribution in [-0.2, 0) is 0 Å². The maximum absolute atomic E-state index is 13.9. The lowest BCUT2D eigenvalue weighted by molar-refractivity contribution is 0.199. The maximum Gasteiger partial charge on any atom is 0.128 e. The van der Waals surface area contributed by atoms with Crippen molar-refractivity contribution in [3.8, 4) is 0 Å². The third kappa shape index (κ3) is 3.36. The predicted molar refractivity (Wildman–Crippen MR) is 85.3 cm³/mol. The highest BCUT2D eigenvalue weighted by Crippen LogP contribution is 2.33. The molecule has 0 bridgehead atoms. The molecule has 112 valence electrons. The van der Waals surface area contributed by atoms with Gasteiger partial charge < -0.3 is 10.0 Å². The van der Waals surface area contributed by atoms with Gasteiger partial charge >= 0.3 is 0 Å². The van der Waals surface area contributed by atoms with Crippen LogP contribution in [0, 0.1) is 5.82 Å². The standard InChI is InChI=1S/C17H19ClFNO/c1-11(14-6-4-5-7-16(14)19)20(3)17-9-8-13(12(2)21)10-15(17)18/h4-12,21H,1-3H3/t11?,12-/m0/s1. The summed E-state index contributed by atoms with van der Waals surface area (Å²) in [6.07, 6.45) is -0.564. The van der Waals surface area contributed by atoms with Crippen molar-refractivity contribution in [1.82, 2.24) is 0 Å². The molecule has 0 radical (unpaired) electrons. The first kappa shape index (κ1) is 15.8. The molecule has 1 N–H and O–H groups in total. The highest BCUT2D eigenvalue weighted by atomic mass is 35.5. The first-order valence-electron chi connectivity index (χ1n) is 6.86. The van der Waals surface area contributed by atoms with E-state index in [9.17, 15) is 9.50 Å². The third-order valence-corrected chi connectivity index (χ3v) is 4.07. The van der Waals surface area contributed by atoms with E-state index in [1.807, 2.05) is 37.1 Å². The molecule has 0 amide bonds. The van der Waals surface area contributed by atoms with E-state index < -0.39 is 6.10 Å². The second-order valence-corrected chi connectivity index (χ2v) is 5.60. The van der Waals surface area contributed by atoms with Gasteiger partial charge in [0.25, 0.3) is 0 Å². The number of benzene rings is 2. The van der Waals surface area contributed by atoms with Crippen LogP contribution >= 0.6 is 11.6 Å². The van der Waals surface area contributed by atoms with Crippen LogP contribution in [0.5, 0.6) is 0 Å². The lowest BCUT2D eigenvalue weighted by atomic mass is 10.0. The maximum atomic E-state index is 13.9. The number of nitrogens with zero attached hydrogens (tertiary/aromatic N) is 1. The van der Waals surface area contributed by atoms with Crippen LogP contribution in [-0.4, -0.2) is 12.2 Å². The fourth-order valence-electron chi connectivity index (χ4n) is 2.30. The molecule has 2 aromatic rings. The van der Waals surface area contributed by atoms with Gasteiger partial charge in [-0.2, -0.15) is 0 Å². The molecule has 21 heavy (non-hydrogen) atoms. The molecular weight excluding hydrogens is 289 g/mol. The fraction of sp³-hybridized carbons (Fsp3) is 0.294. The molecule has 0 aliphatic heterocycles. The Morgan fingerprint density at radius 2 is 1.81 bits per heavy atom. The second kappa shape index (κ2) is 6.46. The van der Waals surface area contributed by atoms with Crippen molar-refractivity contribution < 1.29 is 9.50 Å². The van der Waals surface area contributed by atoms with Crippen LogP contribution in [0.1, 0.15) is 37.1 Å². The number of rotatable bonds is 4. The zero-order valence-electron chi connectivity index (χ0n) is 12.3. The van der Waals surface area contributed by atoms with Crippen LogP contribution in [0.2, 0.25) is 5.02 Å². The quantitative estimate of drug-likeness (QED) is 0.882. The van der Waals surface area contributed by atoms with E-state index in [1.165, 1.54) is 6.07 Å². The average molecular weight is 308 g/mol. The zero-order valence-corrected chi connectivity index (χ0v) is 13.1. The van der Waals surface area contributed by atoms with Crippen molar-refractivity contribution in [2.75, 3.05) is 11.9 Å². The van der Waals surface area contributed by atoms with Crippen molar-refractivity contribution in [3.63, 3.8) is 0 Å². The Balaban J connectivity index is 2.32. The minimum atomic E-state index is -0.564. The summed E-state index contributed by atoms with van der Waals surface area (Å²) >= 11 is 6.29. The van der Waals surface area contributed by atoms with Crippen LogP contribution in [0.15, 0.2) is 42.5 Å². The molecule has 4 heteroatoms. The Hall–Kier alpha value is -1.58. The van der Waals surface area contributed by atoms with Crippen LogP contribution in [0.25, 0.3) is 0 Å². The highest BCUT2D eigenvalue weighted by molar-refractivity contribution is 6.33. The molecule has 0 saturated heterocycles. The molecule has 2 aromatic carbocycles. The molecule has 1 unspecified atom stereocenters. The van der Waals surface area contributed by atoms with Gasteiger partial charge in [-0.25, -0.2) is 4.39 Å². The number of halogens is 2. The number of aliphatic hydroxyl groups excluding tert-OH is 1. The molecule has 0 aliphatic carbocycles. The summed E-state index contributed by atoms with van der Waals surface area (Å²) < 4.78 is 13.9. The summed E-state index contributed by atoms with van der Waals surface area (Å²) in [6, 6.07) is 12.0. The molecular formula is C17H19ClFNO. The van der Waals surface area contributed by atoms with Crippen molar-refractivity contribution >= 4 is 17.3 Å². The number of hydrogen-bond acceptors (Lipinski definition) is 2. The molecule has 2 atom stereocenters. The van der Waals surface area contributed by atoms with Crippen molar-refractivity contribution in [2.45, 2.75) is 26.0 Å². The lowest BCUT2D eigenvalue weighted by Gasteiger charge is -2.29. The number of anilines is 1. The zero-order chi connectivity index (χ0) is 15.6. The van der Waals surface area contributed by atoms with E-state index in [0.29, 0.717) is 10.6 Å². The normalized spacial score (nSPS) is 13.8. The van der Waals surface area contributed by atoms with Crippen LogP contribution in [0.3, 0.4) is 0 Å². The van der Waals surface area contributed by atoms with Gasteiger partial charge in [0.1, 0.15) is 5.82 Å². The monoisotopic (exact) mass is 307 g/mol. The third-order valence-electron chi connectivity index (χ3n) is 3.77. The van der Waals surface area contributed by atoms with E-state index in [2.05, 4.69) is 0 Å². The Kier molecular flexibility index (Phi) is 4.86. The van der Waals surface area contributed by atoms with Gasteiger partial charge in [-0.15, -0.1) is 0 Å². The fourth-order valence-corrected chi connectivity index (χ4v) is 2.62. The molecule has 0 saturated carbocycles. The summed E-state index contributed by atoms with van der Waals surface area (Å²) in [4.78, 5) is 1.92. The summed E-state index contributed by atoms with van der Waals surface area (Å²) in [5, 5.41) is 10.1. The lowest BCUT2D eigenvalue weighted by Crippen LogP contribution is -2.22. The minimum absolute atomic E-state index is 0.152. The Bertz CT molecular complexity index is 630. The molecule has 0 aromatic heterocycles. The largest absolute Gasteiger partial charge is 0.389 e. The predicted octanol–water partition coefficient (Wildman–Crippen LogP) is 4.73. The molecule has 0 heterocycles. The average Bonchev–Trinajstić information content (AvgIpc) is 2.46. The highest BCUT2D eigenvalue weighted by Gasteiger charge is 2.18. The van der Waals surface area contributed by atoms with Crippen molar-refractivity contribution in [3.05, 3.63) is 64.4 Å². The van der Waals surface area contributed by atoms with E-state index in [0.717, 1.165) is 11.3 Å². The molecule has 0 aliphatic rings. The molecule has 2 nitrogen and oxygen atoms in total. The van der Waals surface area contributed by atoms with Gasteiger partial charge in [-0.3, -0.25) is 0 Å². The smallest absolute Gasteiger partial charge is 0.128 e. The summed E-state index contributed by atoms with van der Waals surface area (Å²) in [5.41, 5.74) is 2.18. The SMILES string of the molecule is CC(c1ccccc1F)N(C)c1ccc([C@H](C)O)cc1Cl. The number of aliphatic hydroxyl groups is 1. The Morgan fingerprint density at radius 3 is 2.38 bits per heavy atom. The summed E-state index contributed by atoms with van der Waals surface area (Å²) in [7, 11) is 1.88. The summed E-state index contributed by atoms with van der Waals surface area (Å²) in [5.74, 6) is -0.228. The van der Waals surface area contributed by atoms with E-state index >= 15 is 0 Å². The van der Waals surface area contributed by atoms with Gasteiger partial charge in [0.15, 0.2) is 0 Å². The molecule has 0 fully saturated rings. The molecule has 0 spiro atoms. The van der Waals surface area contributed by atoms with Gasteiger partial charge in [-0.05, 0) is 37.6 Å². The Morgan fingerprint density at radius 1 is 1.14 bits per heavy atom. The molecule has 2 rings (SSSR count). The Labute approximate surface area is 129 Å². The van der Waals surface area contributed by atoms with Crippen molar-refractivity contribution in [1.29, 1.82) is 0 Å². The van der Waals surface area contributed by atoms with E-state index in [4.69, 9.17) is 11.6 Å². The topological polar surface area (TPSA) is 23.5 Å². The van der Waals surface area contributed by atoms with Crippen LogP contribution < -0.4 is 4.90 Å². The van der Waals surface area contributed by atoms with E-state index in [1.54, 1.807) is 25.1 Å². The minimum Gasteiger partial charge on any atom is -0.389 e. The van der Waals surface area contributed by atoms with Crippen LogP contribution in [0.4, 0.5) is 10.1 Å². The summed E-state index contributed by atoms with van der Waals surface area (Å²) in [6.45, 7) is 3.62. The van der Waals surface area contributed by atoms with Gasteiger partial charge in [0.05, 0.1) is 22.9 Å². The van der Waals surface area contributed by atoms with Crippen molar-refractivity contribution in [2.24, 2.45) is 0 Å². The van der Waals surface area contributed by atoms with Gasteiger partial charge in [-0.1, -0.05) is 35.9 Å². The van der Waals surface area contributed by atoms with E-state index in [-0.39, 0.29) is 11.9 Å². The second-order valence-electron chi connectivity index (χ2n) is 5.20. The van der Waals surface area contributed by atoms with Gasteiger partial charge in [0.2, 0.25) is 0 Å². The first-order valence-corrected chi connectivity index (χ1v) is 7.24. The van der Waals surface area contributed by atoms with Gasteiger partial charge in [0, 0.05) is 12.6 Å². The first-order chi connectivity index (χ1) is 9.91.